The highest BCUT2D eigenvalue weighted by molar-refractivity contribution is 5.78. The van der Waals surface area contributed by atoms with E-state index in [9.17, 15) is 18.0 Å². The van der Waals surface area contributed by atoms with Gasteiger partial charge in [0.1, 0.15) is 0 Å². The van der Waals surface area contributed by atoms with E-state index in [0.717, 1.165) is 50.3 Å². The van der Waals surface area contributed by atoms with Gasteiger partial charge in [0.05, 0.1) is 12.1 Å². The molecule has 1 N–H and O–H groups in total. The molecule has 1 fully saturated rings. The summed E-state index contributed by atoms with van der Waals surface area (Å²) in [5, 5.41) is 2.93. The molecule has 1 aliphatic heterocycles. The van der Waals surface area contributed by atoms with E-state index in [2.05, 4.69) is 29.0 Å². The van der Waals surface area contributed by atoms with Crippen molar-refractivity contribution < 1.29 is 18.0 Å². The van der Waals surface area contributed by atoms with Crippen molar-refractivity contribution in [3.63, 3.8) is 0 Å². The predicted molar refractivity (Wildman–Crippen MR) is 95.6 cm³/mol. The Bertz CT molecular complexity index is 572. The largest absolute Gasteiger partial charge is 0.416 e. The second-order valence-corrected chi connectivity index (χ2v) is 7.30. The molecule has 146 valence electrons. The number of hydrogen-bond acceptors (Lipinski definition) is 3. The fraction of sp³-hybridized carbons (Fsp3) is 0.632. The Hall–Kier alpha value is -1.60. The third-order valence-electron chi connectivity index (χ3n) is 4.44. The number of nitrogens with one attached hydrogen (secondary N) is 1. The first-order valence-corrected chi connectivity index (χ1v) is 9.11. The van der Waals surface area contributed by atoms with Crippen molar-refractivity contribution in [2.45, 2.75) is 33.0 Å². The van der Waals surface area contributed by atoms with E-state index in [0.29, 0.717) is 25.6 Å². The van der Waals surface area contributed by atoms with E-state index < -0.39 is 11.7 Å². The number of carbonyl (C=O) groups excluding carboxylic acids is 1. The third-order valence-corrected chi connectivity index (χ3v) is 4.44. The average molecular weight is 371 g/mol. The molecule has 0 spiro atoms. The van der Waals surface area contributed by atoms with Crippen molar-refractivity contribution in [3.8, 4) is 0 Å². The van der Waals surface area contributed by atoms with E-state index >= 15 is 0 Å². The lowest BCUT2D eigenvalue weighted by Gasteiger charge is -2.22. The molecule has 0 radical (unpaired) electrons. The van der Waals surface area contributed by atoms with Crippen molar-refractivity contribution in [2.24, 2.45) is 5.92 Å². The van der Waals surface area contributed by atoms with E-state index in [1.165, 1.54) is 0 Å². The topological polar surface area (TPSA) is 35.6 Å². The maximum Gasteiger partial charge on any atom is 0.416 e. The monoisotopic (exact) mass is 371 g/mol. The molecule has 1 saturated heterocycles. The van der Waals surface area contributed by atoms with Crippen molar-refractivity contribution in [1.82, 2.24) is 15.1 Å². The molecular weight excluding hydrogens is 343 g/mol. The van der Waals surface area contributed by atoms with E-state index in [4.69, 9.17) is 0 Å². The molecule has 0 bridgehead atoms. The number of carbonyl (C=O) groups is 1. The lowest BCUT2D eigenvalue weighted by Crippen LogP contribution is -2.40. The number of nitrogens with zero attached hydrogens (tertiary/aromatic N) is 2. The van der Waals surface area contributed by atoms with Gasteiger partial charge in [0.2, 0.25) is 5.91 Å². The molecule has 0 atom stereocenters. The number of amides is 1. The molecule has 1 aromatic rings. The summed E-state index contributed by atoms with van der Waals surface area (Å²) in [6, 6.07) is 5.37. The lowest BCUT2D eigenvalue weighted by molar-refractivity contribution is -0.137. The Morgan fingerprint density at radius 1 is 1.08 bits per heavy atom. The standard InChI is InChI=1S/C19H28F3N3O/c1-15(2)12-23-18(26)14-25-9-3-8-24(10-11-25)13-16-4-6-17(7-5-16)19(20,21)22/h4-7,15H,3,8-14H2,1-2H3,(H,23,26). The molecule has 0 aliphatic carbocycles. The molecule has 0 aromatic heterocycles. The van der Waals surface area contributed by atoms with Gasteiger partial charge in [-0.25, -0.2) is 0 Å². The smallest absolute Gasteiger partial charge is 0.355 e. The second-order valence-electron chi connectivity index (χ2n) is 7.30. The molecule has 7 heteroatoms. The van der Waals surface area contributed by atoms with Crippen molar-refractivity contribution >= 4 is 5.91 Å². The van der Waals surface area contributed by atoms with Crippen molar-refractivity contribution in [1.29, 1.82) is 0 Å². The zero-order valence-electron chi connectivity index (χ0n) is 15.5. The predicted octanol–water partition coefficient (Wildman–Crippen LogP) is 2.99. The van der Waals surface area contributed by atoms with Crippen LogP contribution in [0.4, 0.5) is 13.2 Å². The van der Waals surface area contributed by atoms with Crippen LogP contribution in [0.15, 0.2) is 24.3 Å². The first-order chi connectivity index (χ1) is 12.2. The highest BCUT2D eigenvalue weighted by atomic mass is 19.4. The highest BCUT2D eigenvalue weighted by Crippen LogP contribution is 2.29. The van der Waals surface area contributed by atoms with Gasteiger partial charge in [0.25, 0.3) is 0 Å². The number of hydrogen-bond donors (Lipinski definition) is 1. The van der Waals surface area contributed by atoms with Crippen LogP contribution in [0.3, 0.4) is 0 Å². The summed E-state index contributed by atoms with van der Waals surface area (Å²) in [7, 11) is 0. The van der Waals surface area contributed by atoms with Crippen LogP contribution in [0.5, 0.6) is 0 Å². The molecule has 2 rings (SSSR count). The molecule has 0 saturated carbocycles. The van der Waals surface area contributed by atoms with E-state index in [1.54, 1.807) is 12.1 Å². The van der Waals surface area contributed by atoms with Gasteiger partial charge in [-0.05, 0) is 43.1 Å². The van der Waals surface area contributed by atoms with Gasteiger partial charge in [-0.1, -0.05) is 26.0 Å². The molecule has 1 aliphatic rings. The minimum atomic E-state index is -4.29. The Balaban J connectivity index is 1.80. The summed E-state index contributed by atoms with van der Waals surface area (Å²) in [6.07, 6.45) is -3.35. The molecule has 0 unspecified atom stereocenters. The summed E-state index contributed by atoms with van der Waals surface area (Å²) in [6.45, 7) is 9.17. The molecule has 4 nitrogen and oxygen atoms in total. The van der Waals surface area contributed by atoms with Crippen LogP contribution in [-0.2, 0) is 17.5 Å². The third kappa shape index (κ3) is 6.96. The first-order valence-electron chi connectivity index (χ1n) is 9.11. The maximum atomic E-state index is 12.6. The Kier molecular flexibility index (Phi) is 7.46. The molecule has 1 aromatic carbocycles. The average Bonchev–Trinajstić information content (AvgIpc) is 2.78. The van der Waals surface area contributed by atoms with Crippen LogP contribution in [0, 0.1) is 5.92 Å². The maximum absolute atomic E-state index is 12.6. The van der Waals surface area contributed by atoms with Crippen molar-refractivity contribution in [3.05, 3.63) is 35.4 Å². The number of benzene rings is 1. The fourth-order valence-electron chi connectivity index (χ4n) is 2.97. The van der Waals surface area contributed by atoms with Crippen LogP contribution >= 0.6 is 0 Å². The van der Waals surface area contributed by atoms with Crippen LogP contribution in [-0.4, -0.2) is 55.0 Å². The molecule has 26 heavy (non-hydrogen) atoms. The molecule has 1 heterocycles. The highest BCUT2D eigenvalue weighted by Gasteiger charge is 2.30. The van der Waals surface area contributed by atoms with Crippen molar-refractivity contribution in [2.75, 3.05) is 39.3 Å². The van der Waals surface area contributed by atoms with Gasteiger partial charge in [-0.15, -0.1) is 0 Å². The Morgan fingerprint density at radius 3 is 2.31 bits per heavy atom. The lowest BCUT2D eigenvalue weighted by atomic mass is 10.1. The zero-order chi connectivity index (χ0) is 19.2. The quantitative estimate of drug-likeness (QED) is 0.835. The normalized spacial score (nSPS) is 17.3. The van der Waals surface area contributed by atoms with Gasteiger partial charge in [-0.3, -0.25) is 14.6 Å². The minimum Gasteiger partial charge on any atom is -0.355 e. The summed E-state index contributed by atoms with van der Waals surface area (Å²) in [4.78, 5) is 16.3. The van der Waals surface area contributed by atoms with Gasteiger partial charge in [0, 0.05) is 26.2 Å². The van der Waals surface area contributed by atoms with Crippen LogP contribution in [0.25, 0.3) is 0 Å². The second kappa shape index (κ2) is 9.37. The van der Waals surface area contributed by atoms with E-state index in [1.807, 2.05) is 0 Å². The summed E-state index contributed by atoms with van der Waals surface area (Å²) < 4.78 is 37.9. The van der Waals surface area contributed by atoms with Crippen LogP contribution < -0.4 is 5.32 Å². The minimum absolute atomic E-state index is 0.0508. The van der Waals surface area contributed by atoms with Gasteiger partial charge >= 0.3 is 6.18 Å². The van der Waals surface area contributed by atoms with Crippen LogP contribution in [0.2, 0.25) is 0 Å². The Labute approximate surface area is 153 Å². The number of rotatable bonds is 6. The fourth-order valence-corrected chi connectivity index (χ4v) is 2.97. The Morgan fingerprint density at radius 2 is 1.69 bits per heavy atom. The summed E-state index contributed by atoms with van der Waals surface area (Å²) in [5.41, 5.74) is 0.261. The van der Waals surface area contributed by atoms with Crippen LogP contribution in [0.1, 0.15) is 31.4 Å². The van der Waals surface area contributed by atoms with E-state index in [-0.39, 0.29) is 5.91 Å². The number of halogens is 3. The molecular formula is C19H28F3N3O. The van der Waals surface area contributed by atoms with Gasteiger partial charge in [0.15, 0.2) is 0 Å². The zero-order valence-corrected chi connectivity index (χ0v) is 15.5. The van der Waals surface area contributed by atoms with Gasteiger partial charge in [-0.2, -0.15) is 13.2 Å². The first kappa shape index (κ1) is 20.7. The molecule has 1 amide bonds. The number of alkyl halides is 3. The summed E-state index contributed by atoms with van der Waals surface area (Å²) >= 11 is 0. The SMILES string of the molecule is CC(C)CNC(=O)CN1CCCN(Cc2ccc(C(F)(F)F)cc2)CC1. The summed E-state index contributed by atoms with van der Waals surface area (Å²) in [5.74, 6) is 0.484. The van der Waals surface area contributed by atoms with Gasteiger partial charge < -0.3 is 5.32 Å².